The summed E-state index contributed by atoms with van der Waals surface area (Å²) in [6.45, 7) is 4.96. The third-order valence-corrected chi connectivity index (χ3v) is 10.5. The number of amides is 5. The fourth-order valence-electron chi connectivity index (χ4n) is 6.24. The summed E-state index contributed by atoms with van der Waals surface area (Å²) in [5.74, 6) is -3.04. The number of benzene rings is 2. The highest BCUT2D eigenvalue weighted by Gasteiger charge is 2.42. The highest BCUT2D eigenvalue weighted by Crippen LogP contribution is 2.33. The van der Waals surface area contributed by atoms with Gasteiger partial charge in [-0.05, 0) is 83.2 Å². The van der Waals surface area contributed by atoms with E-state index in [2.05, 4.69) is 36.9 Å². The predicted octanol–water partition coefficient (Wildman–Crippen LogP) is 4.33. The first-order valence-electron chi connectivity index (χ1n) is 18.6. The number of rotatable bonds is 19. The number of carbonyl (C=O) groups excluding carboxylic acids is 5. The highest BCUT2D eigenvalue weighted by atomic mass is 32.2. The van der Waals surface area contributed by atoms with Crippen molar-refractivity contribution in [2.24, 2.45) is 0 Å². The molecular formula is C38H48F2N8O7S. The van der Waals surface area contributed by atoms with Gasteiger partial charge in [0.05, 0.1) is 36.6 Å². The maximum absolute atomic E-state index is 14.2. The second-order valence-electron chi connectivity index (χ2n) is 14.6. The Balaban J connectivity index is 1.11. The van der Waals surface area contributed by atoms with E-state index in [4.69, 9.17) is 9.47 Å². The van der Waals surface area contributed by atoms with Crippen molar-refractivity contribution in [2.75, 3.05) is 18.9 Å². The zero-order chi connectivity index (χ0) is 40.2. The lowest BCUT2D eigenvalue weighted by Gasteiger charge is -2.20. The molecule has 5 rings (SSSR count). The molecule has 2 aliphatic heterocycles. The smallest absolute Gasteiger partial charge is 0.407 e. The zero-order valence-corrected chi connectivity index (χ0v) is 32.4. The van der Waals surface area contributed by atoms with Crippen LogP contribution in [-0.2, 0) is 20.9 Å². The number of Topliss-reactive ketones (excluding diaryl/α,β-unsaturated/α-hetero) is 1. The summed E-state index contributed by atoms with van der Waals surface area (Å²) in [6.07, 6.45) is 4.92. The van der Waals surface area contributed by atoms with Crippen LogP contribution in [0.25, 0.3) is 5.69 Å². The number of fused-ring (bicyclic) bond motifs is 1. The molecular weight excluding hydrogens is 751 g/mol. The molecule has 3 heterocycles. The molecule has 2 aliphatic rings. The molecule has 15 nitrogen and oxygen atoms in total. The molecule has 4 atom stereocenters. The van der Waals surface area contributed by atoms with Gasteiger partial charge in [0.2, 0.25) is 5.91 Å². The molecule has 0 unspecified atom stereocenters. The third kappa shape index (κ3) is 12.4. The van der Waals surface area contributed by atoms with Crippen LogP contribution >= 0.6 is 11.8 Å². The molecule has 2 fully saturated rings. The van der Waals surface area contributed by atoms with Crippen molar-refractivity contribution >= 4 is 41.5 Å². The topological polar surface area (TPSA) is 195 Å². The average Bonchev–Trinajstić information content (AvgIpc) is 3.87. The van der Waals surface area contributed by atoms with Crippen molar-refractivity contribution in [3.05, 3.63) is 71.6 Å². The lowest BCUT2D eigenvalue weighted by Crippen LogP contribution is -2.43. The summed E-state index contributed by atoms with van der Waals surface area (Å²) < 4.78 is 40.2. The number of unbranched alkanes of at least 4 members (excludes halogenated alkanes) is 2. The van der Waals surface area contributed by atoms with Gasteiger partial charge in [0.15, 0.2) is 23.2 Å². The molecule has 3 aromatic rings. The normalized spacial score (nSPS) is 17.9. The first kappa shape index (κ1) is 41.9. The quantitative estimate of drug-likeness (QED) is 0.0861. The Morgan fingerprint density at radius 2 is 1.79 bits per heavy atom. The van der Waals surface area contributed by atoms with Gasteiger partial charge in [-0.2, -0.15) is 11.8 Å². The van der Waals surface area contributed by atoms with Gasteiger partial charge < -0.3 is 36.1 Å². The molecule has 5 N–H and O–H groups in total. The molecule has 1 aromatic heterocycles. The fourth-order valence-corrected chi connectivity index (χ4v) is 7.79. The average molecular weight is 799 g/mol. The van der Waals surface area contributed by atoms with Gasteiger partial charge in [-0.15, -0.1) is 5.10 Å². The molecule has 302 valence electrons. The Hall–Kier alpha value is -5.26. The first-order valence-corrected chi connectivity index (χ1v) is 19.6. The number of hydrogen-bond donors (Lipinski definition) is 5. The summed E-state index contributed by atoms with van der Waals surface area (Å²) in [5, 5.41) is 22.8. The van der Waals surface area contributed by atoms with Gasteiger partial charge in [-0.25, -0.2) is 23.1 Å². The van der Waals surface area contributed by atoms with E-state index >= 15 is 0 Å². The van der Waals surface area contributed by atoms with Crippen LogP contribution in [0.2, 0.25) is 0 Å². The van der Waals surface area contributed by atoms with Crippen LogP contribution in [0.5, 0.6) is 5.75 Å². The second kappa shape index (κ2) is 19.6. The minimum absolute atomic E-state index is 0.112. The minimum atomic E-state index is -1.08. The van der Waals surface area contributed by atoms with E-state index in [1.54, 1.807) is 51.2 Å². The van der Waals surface area contributed by atoms with Crippen molar-refractivity contribution in [3.63, 3.8) is 0 Å². The number of carbonyl (C=O) groups is 5. The zero-order valence-electron chi connectivity index (χ0n) is 31.6. The van der Waals surface area contributed by atoms with Gasteiger partial charge >= 0.3 is 12.1 Å². The lowest BCUT2D eigenvalue weighted by atomic mass is 10.0. The standard InChI is InChI=1S/C38H48F2N8O7S/c1-38(2,3)55-37(53)41-17-7-6-14-28(30(49)21-54-34-26(39)12-9-13-27(34)40)43-35(51)23-10-8-11-25(18-23)48-20-24(46-47-48)19-42-32(50)16-5-4-15-31-33-29(22-56-31)44-36(52)45-33/h8-13,18,20,28-29,31,33H,4-7,14-17,19,21-22H2,1-3H3,(H,41,53)(H,42,50)(H,43,51)(H2,44,45,52)/t28-,29-,31-,33-/m0/s1. The van der Waals surface area contributed by atoms with E-state index in [1.165, 1.54) is 10.7 Å². The molecule has 56 heavy (non-hydrogen) atoms. The Morgan fingerprint density at radius 3 is 2.55 bits per heavy atom. The highest BCUT2D eigenvalue weighted by molar-refractivity contribution is 8.00. The first-order chi connectivity index (χ1) is 26.8. The molecule has 0 saturated carbocycles. The Morgan fingerprint density at radius 1 is 1.02 bits per heavy atom. The number of nitrogens with zero attached hydrogens (tertiary/aromatic N) is 3. The number of nitrogens with one attached hydrogen (secondary N) is 5. The van der Waals surface area contributed by atoms with Crippen LogP contribution in [0.3, 0.4) is 0 Å². The third-order valence-electron chi connectivity index (χ3n) is 9.02. The van der Waals surface area contributed by atoms with Crippen LogP contribution in [0.15, 0.2) is 48.7 Å². The number of urea groups is 1. The Bertz CT molecular complexity index is 1850. The van der Waals surface area contributed by atoms with Gasteiger partial charge in [0, 0.05) is 29.5 Å². The van der Waals surface area contributed by atoms with Crippen LogP contribution in [0, 0.1) is 11.6 Å². The summed E-state index contributed by atoms with van der Waals surface area (Å²) in [4.78, 5) is 62.8. The number of halogens is 2. The Kier molecular flexibility index (Phi) is 14.6. The van der Waals surface area contributed by atoms with Crippen molar-refractivity contribution < 1.29 is 42.2 Å². The number of para-hydroxylation sites is 1. The molecule has 2 saturated heterocycles. The fraction of sp³-hybridized carbons (Fsp3) is 0.500. The molecule has 5 amide bonds. The van der Waals surface area contributed by atoms with Crippen molar-refractivity contribution in [1.82, 2.24) is 41.6 Å². The van der Waals surface area contributed by atoms with Crippen LogP contribution < -0.4 is 31.3 Å². The van der Waals surface area contributed by atoms with Gasteiger partial charge in [-0.1, -0.05) is 23.8 Å². The van der Waals surface area contributed by atoms with E-state index < -0.39 is 53.4 Å². The van der Waals surface area contributed by atoms with Crippen molar-refractivity contribution in [1.29, 1.82) is 0 Å². The molecule has 0 spiro atoms. The summed E-state index contributed by atoms with van der Waals surface area (Å²) >= 11 is 1.85. The van der Waals surface area contributed by atoms with Gasteiger partial charge in [0.25, 0.3) is 5.91 Å². The van der Waals surface area contributed by atoms with E-state index in [1.807, 2.05) is 11.8 Å². The maximum atomic E-state index is 14.2. The van der Waals surface area contributed by atoms with Crippen LogP contribution in [0.1, 0.15) is 81.8 Å². The predicted molar refractivity (Wildman–Crippen MR) is 203 cm³/mol. The van der Waals surface area contributed by atoms with E-state index in [0.29, 0.717) is 35.9 Å². The summed E-state index contributed by atoms with van der Waals surface area (Å²) in [5.41, 5.74) is 0.545. The number of alkyl carbamates (subject to hydrolysis) is 1. The van der Waals surface area contributed by atoms with Crippen LogP contribution in [0.4, 0.5) is 18.4 Å². The number of thioether (sulfide) groups is 1. The van der Waals surface area contributed by atoms with Gasteiger partial charge in [-0.3, -0.25) is 14.4 Å². The molecule has 2 aromatic carbocycles. The van der Waals surface area contributed by atoms with E-state index in [0.717, 1.165) is 37.1 Å². The lowest BCUT2D eigenvalue weighted by molar-refractivity contribution is -0.123. The molecule has 0 aliphatic carbocycles. The maximum Gasteiger partial charge on any atom is 0.407 e. The SMILES string of the molecule is CC(C)(C)OC(=O)NCCCC[C@H](NC(=O)c1cccc(-n2cc(CNC(=O)CCCC[C@@H]3SC[C@@H]4NC(=O)N[C@@H]43)nn2)c1)C(=O)COc1c(F)cccc1F. The summed E-state index contributed by atoms with van der Waals surface area (Å²) in [6, 6.07) is 8.77. The largest absolute Gasteiger partial charge is 0.480 e. The second-order valence-corrected chi connectivity index (χ2v) is 15.9. The Labute approximate surface area is 327 Å². The summed E-state index contributed by atoms with van der Waals surface area (Å²) in [7, 11) is 0. The molecule has 0 bridgehead atoms. The van der Waals surface area contributed by atoms with Crippen molar-refractivity contribution in [2.45, 2.75) is 101 Å². The molecule has 0 radical (unpaired) electrons. The van der Waals surface area contributed by atoms with E-state index in [-0.39, 0.29) is 49.1 Å². The number of ketones is 1. The number of hydrogen-bond acceptors (Lipinski definition) is 10. The molecule has 18 heteroatoms. The number of aromatic nitrogens is 3. The minimum Gasteiger partial charge on any atom is -0.480 e. The van der Waals surface area contributed by atoms with E-state index in [9.17, 15) is 32.8 Å². The number of ether oxygens (including phenoxy) is 2. The van der Waals surface area contributed by atoms with Crippen molar-refractivity contribution in [3.8, 4) is 11.4 Å². The monoisotopic (exact) mass is 798 g/mol. The van der Waals surface area contributed by atoms with Crippen LogP contribution in [-0.4, -0.2) is 92.6 Å². The van der Waals surface area contributed by atoms with Gasteiger partial charge in [0.1, 0.15) is 17.9 Å².